The number of halogens is 1. The molecule has 7 nitrogen and oxygen atoms in total. The van der Waals surface area contributed by atoms with Gasteiger partial charge in [-0.25, -0.2) is 13.4 Å². The fourth-order valence-electron chi connectivity index (χ4n) is 6.68. The van der Waals surface area contributed by atoms with Crippen molar-refractivity contribution < 1.29 is 13.4 Å². The number of carbonyl (C=O) groups excluding carboxylic acids is 1. The fraction of sp³-hybridized carbons (Fsp3) is 0.548. The molecule has 1 aromatic carbocycles. The van der Waals surface area contributed by atoms with Crippen LogP contribution in [0.15, 0.2) is 41.7 Å². The van der Waals surface area contributed by atoms with Crippen molar-refractivity contribution in [2.45, 2.75) is 76.5 Å². The number of piperidine rings is 1. The molecule has 2 aliphatic rings. The number of aryl methyl sites for hydroxylation is 1. The first-order valence-corrected chi connectivity index (χ1v) is 16.1. The van der Waals surface area contributed by atoms with Gasteiger partial charge in [-0.1, -0.05) is 0 Å². The summed E-state index contributed by atoms with van der Waals surface area (Å²) in [7, 11) is -3.22. The van der Waals surface area contributed by atoms with Gasteiger partial charge in [0.25, 0.3) is 0 Å². The minimum atomic E-state index is -3.22. The molecule has 5 rings (SSSR count). The third-order valence-electron chi connectivity index (χ3n) is 9.22. The van der Waals surface area contributed by atoms with E-state index in [-0.39, 0.29) is 10.8 Å². The van der Waals surface area contributed by atoms with Crippen molar-refractivity contribution >= 4 is 26.5 Å². The lowest BCUT2D eigenvalue weighted by Gasteiger charge is -2.38. The molecule has 9 heteroatoms. The molecule has 0 spiro atoms. The number of hydrogen-bond donors (Lipinski definition) is 1. The summed E-state index contributed by atoms with van der Waals surface area (Å²) in [4.78, 5) is 21.0. The van der Waals surface area contributed by atoms with E-state index in [0.717, 1.165) is 68.3 Å². The fourth-order valence-corrected chi connectivity index (χ4v) is 7.96. The highest BCUT2D eigenvalue weighted by Crippen LogP contribution is 2.35. The van der Waals surface area contributed by atoms with Crippen LogP contribution in [-0.2, 0) is 20.9 Å². The van der Waals surface area contributed by atoms with Gasteiger partial charge in [-0.3, -0.25) is 9.78 Å². The topological polar surface area (TPSA) is 82.3 Å². The van der Waals surface area contributed by atoms with Crippen LogP contribution >= 0.6 is 0 Å². The van der Waals surface area contributed by atoms with Crippen molar-refractivity contribution in [3.8, 4) is 5.69 Å². The molecule has 40 heavy (non-hydrogen) atoms. The maximum Gasteiger partial charge on any atom is 0.219 e. The Morgan fingerprint density at radius 1 is 1.15 bits per heavy atom. The highest BCUT2D eigenvalue weighted by atomic mass is 32.2. The van der Waals surface area contributed by atoms with Gasteiger partial charge in [0.1, 0.15) is 5.82 Å². The normalized spacial score (nSPS) is 21.3. The smallest absolute Gasteiger partial charge is 0.219 e. The second kappa shape index (κ2) is 11.2. The van der Waals surface area contributed by atoms with Gasteiger partial charge in [0.05, 0.1) is 32.0 Å². The zero-order valence-electron chi connectivity index (χ0n) is 24.3. The molecule has 4 heterocycles. The summed E-state index contributed by atoms with van der Waals surface area (Å²) in [6.07, 6.45) is 9.96. The number of nitrogens with one attached hydrogen (secondary N) is 1. The summed E-state index contributed by atoms with van der Waals surface area (Å²) in [5.41, 5.74) is 3.76. The van der Waals surface area contributed by atoms with E-state index in [1.54, 1.807) is 26.8 Å². The second-order valence-electron chi connectivity index (χ2n) is 12.1. The van der Waals surface area contributed by atoms with Crippen molar-refractivity contribution in [1.29, 1.82) is 4.78 Å². The van der Waals surface area contributed by atoms with Gasteiger partial charge in [0.15, 0.2) is 0 Å². The maximum atomic E-state index is 14.3. The van der Waals surface area contributed by atoms with Crippen molar-refractivity contribution in [1.82, 2.24) is 19.4 Å². The van der Waals surface area contributed by atoms with Gasteiger partial charge in [-0.05, 0) is 101 Å². The number of nitrogens with zero attached hydrogens (tertiary/aromatic N) is 4. The molecule has 1 N–H and O–H groups in total. The molecular weight excluding hydrogens is 525 g/mol. The molecular formula is C31H42FN5O2S. The van der Waals surface area contributed by atoms with Crippen LogP contribution in [0.5, 0.6) is 0 Å². The van der Waals surface area contributed by atoms with E-state index in [1.807, 2.05) is 21.9 Å². The van der Waals surface area contributed by atoms with Gasteiger partial charge in [-0.2, -0.15) is 0 Å². The minimum Gasteiger partial charge on any atom is -0.343 e. The van der Waals surface area contributed by atoms with Crippen LogP contribution in [0.1, 0.15) is 58.1 Å². The molecule has 1 amide bonds. The summed E-state index contributed by atoms with van der Waals surface area (Å²) < 4.78 is 38.4. The van der Waals surface area contributed by atoms with E-state index >= 15 is 0 Å². The highest BCUT2D eigenvalue weighted by Gasteiger charge is 2.33. The SMILES string of the molecule is CC(=O)N1CCC([C@@H](C)N2CC[C@@H](Cc3cn(-c4ccc(F)cc4[S@@](=N)(=O)C(C)C)c4cncc(C)c34)C2)CC1. The summed E-state index contributed by atoms with van der Waals surface area (Å²) in [6, 6.07) is 4.77. The van der Waals surface area contributed by atoms with Gasteiger partial charge in [0.2, 0.25) is 5.91 Å². The minimum absolute atomic E-state index is 0.180. The van der Waals surface area contributed by atoms with E-state index in [1.165, 1.54) is 17.7 Å². The van der Waals surface area contributed by atoms with E-state index in [0.29, 0.717) is 23.6 Å². The quantitative estimate of drug-likeness (QED) is 0.391. The standard InChI is InChI=1S/C31H42FN5O2S/c1-20(2)40(33,39)30-15-27(32)6-7-28(30)37-19-26(31-21(3)16-34-17-29(31)37)14-24-8-11-36(18-24)22(4)25-9-12-35(13-10-25)23(5)38/h6-7,15-17,19-20,22,24-25,33H,8-14,18H2,1-5H3/t22-,24+,40+/m1/s1. The van der Waals surface area contributed by atoms with Gasteiger partial charge >= 0.3 is 0 Å². The molecule has 2 aromatic heterocycles. The van der Waals surface area contributed by atoms with Crippen LogP contribution in [0.4, 0.5) is 4.39 Å². The Labute approximate surface area is 237 Å². The molecule has 0 aliphatic carbocycles. The number of aromatic nitrogens is 2. The monoisotopic (exact) mass is 567 g/mol. The average Bonchev–Trinajstić information content (AvgIpc) is 3.54. The predicted octanol–water partition coefficient (Wildman–Crippen LogP) is 5.80. The third-order valence-corrected chi connectivity index (χ3v) is 11.5. The number of fused-ring (bicyclic) bond motifs is 1. The number of amides is 1. The Kier molecular flexibility index (Phi) is 8.08. The van der Waals surface area contributed by atoms with E-state index in [9.17, 15) is 13.4 Å². The first-order valence-electron chi connectivity index (χ1n) is 14.5. The van der Waals surface area contributed by atoms with E-state index in [2.05, 4.69) is 29.9 Å². The number of rotatable bonds is 7. The van der Waals surface area contributed by atoms with Crippen molar-refractivity contribution in [3.63, 3.8) is 0 Å². The Hall–Kier alpha value is -2.78. The second-order valence-corrected chi connectivity index (χ2v) is 14.7. The molecule has 2 aliphatic heterocycles. The van der Waals surface area contributed by atoms with Crippen LogP contribution in [0.25, 0.3) is 16.6 Å². The number of benzene rings is 1. The summed E-state index contributed by atoms with van der Waals surface area (Å²) >= 11 is 0. The first-order chi connectivity index (χ1) is 19.0. The Balaban J connectivity index is 1.41. The van der Waals surface area contributed by atoms with E-state index < -0.39 is 20.8 Å². The zero-order chi connectivity index (χ0) is 28.8. The molecule has 3 atom stereocenters. The molecule has 0 radical (unpaired) electrons. The summed E-state index contributed by atoms with van der Waals surface area (Å²) in [6.45, 7) is 13.4. The molecule has 0 bridgehead atoms. The first kappa shape index (κ1) is 28.7. The van der Waals surface area contributed by atoms with E-state index in [4.69, 9.17) is 4.78 Å². The number of carbonyl (C=O) groups is 1. The number of pyridine rings is 1. The maximum absolute atomic E-state index is 14.3. The van der Waals surface area contributed by atoms with Crippen molar-refractivity contribution in [3.05, 3.63) is 53.7 Å². The Bertz CT molecular complexity index is 1510. The van der Waals surface area contributed by atoms with Crippen molar-refractivity contribution in [2.75, 3.05) is 26.2 Å². The highest BCUT2D eigenvalue weighted by molar-refractivity contribution is 7.93. The average molecular weight is 568 g/mol. The lowest BCUT2D eigenvalue weighted by Crippen LogP contribution is -2.44. The van der Waals surface area contributed by atoms with Gasteiger partial charge in [0, 0.05) is 55.6 Å². The molecule has 2 fully saturated rings. The van der Waals surface area contributed by atoms with Crippen LogP contribution < -0.4 is 0 Å². The van der Waals surface area contributed by atoms with Crippen LogP contribution in [0, 0.1) is 29.4 Å². The largest absolute Gasteiger partial charge is 0.343 e. The molecule has 216 valence electrons. The molecule has 0 saturated carbocycles. The summed E-state index contributed by atoms with van der Waals surface area (Å²) in [5, 5.41) is 0.685. The van der Waals surface area contributed by atoms with Crippen molar-refractivity contribution in [2.24, 2.45) is 11.8 Å². The van der Waals surface area contributed by atoms with Crippen LogP contribution in [0.3, 0.4) is 0 Å². The molecule has 2 saturated heterocycles. The molecule has 0 unspecified atom stereocenters. The predicted molar refractivity (Wildman–Crippen MR) is 158 cm³/mol. The number of hydrogen-bond acceptors (Lipinski definition) is 5. The Morgan fingerprint density at radius 3 is 2.55 bits per heavy atom. The molecule has 3 aromatic rings. The number of likely N-dealkylation sites (tertiary alicyclic amines) is 2. The summed E-state index contributed by atoms with van der Waals surface area (Å²) in [5.74, 6) is 0.814. The zero-order valence-corrected chi connectivity index (χ0v) is 25.1. The third kappa shape index (κ3) is 5.42. The van der Waals surface area contributed by atoms with Crippen LogP contribution in [-0.4, -0.2) is 66.9 Å². The lowest BCUT2D eigenvalue weighted by atomic mass is 9.89. The van der Waals surface area contributed by atoms with Gasteiger partial charge in [-0.15, -0.1) is 0 Å². The van der Waals surface area contributed by atoms with Gasteiger partial charge < -0.3 is 14.4 Å². The Morgan fingerprint density at radius 2 is 1.88 bits per heavy atom. The van der Waals surface area contributed by atoms with Crippen LogP contribution in [0.2, 0.25) is 0 Å². The lowest BCUT2D eigenvalue weighted by molar-refractivity contribution is -0.130.